The Kier molecular flexibility index (Phi) is 3.99. The van der Waals surface area contributed by atoms with Crippen LogP contribution in [-0.2, 0) is 0 Å². The highest BCUT2D eigenvalue weighted by atomic mass is 79.9. The van der Waals surface area contributed by atoms with Crippen LogP contribution in [0.15, 0.2) is 4.99 Å². The molecule has 1 fully saturated rings. The Morgan fingerprint density at radius 1 is 1.40 bits per heavy atom. The van der Waals surface area contributed by atoms with Crippen molar-refractivity contribution in [2.24, 2.45) is 16.8 Å². The summed E-state index contributed by atoms with van der Waals surface area (Å²) < 4.78 is 0. The van der Waals surface area contributed by atoms with E-state index < -0.39 is 0 Å². The Morgan fingerprint density at radius 3 is 2.60 bits per heavy atom. The molecule has 0 radical (unpaired) electrons. The van der Waals surface area contributed by atoms with Gasteiger partial charge in [-0.15, -0.1) is 0 Å². The third kappa shape index (κ3) is 2.90. The van der Waals surface area contributed by atoms with E-state index in [0.29, 0.717) is 5.25 Å². The molecular weight excluding hydrogens is 272 g/mol. The van der Waals surface area contributed by atoms with Gasteiger partial charge in [0.25, 0.3) is 0 Å². The molecule has 1 saturated heterocycles. The van der Waals surface area contributed by atoms with Gasteiger partial charge in [0.1, 0.15) is 0 Å². The molecule has 0 aromatic rings. The predicted octanol–water partition coefficient (Wildman–Crippen LogP) is 2.83. The third-order valence-corrected chi connectivity index (χ3v) is 5.47. The Balaban J connectivity index is 1.93. The number of likely N-dealkylation sites (tertiary alicyclic amines) is 1. The van der Waals surface area contributed by atoms with Gasteiger partial charge >= 0.3 is 0 Å². The number of alkyl halides is 1. The summed E-state index contributed by atoms with van der Waals surface area (Å²) in [4.78, 5) is 7.15. The lowest BCUT2D eigenvalue weighted by molar-refractivity contribution is 0.217. The molecule has 86 valence electrons. The Hall–Kier alpha value is 0.300. The maximum absolute atomic E-state index is 4.66. The SMILES string of the molecule is CC1CC(C)CN(C2=NCC(CBr)S2)C1. The fraction of sp³-hybridized carbons (Fsp3) is 0.909. The molecule has 3 unspecified atom stereocenters. The first-order valence-corrected chi connectivity index (χ1v) is 7.71. The monoisotopic (exact) mass is 290 g/mol. The number of nitrogens with zero attached hydrogens (tertiary/aromatic N) is 2. The number of rotatable bonds is 1. The van der Waals surface area contributed by atoms with E-state index in [1.54, 1.807) is 0 Å². The van der Waals surface area contributed by atoms with Crippen LogP contribution in [-0.4, -0.2) is 40.3 Å². The molecule has 0 spiro atoms. The largest absolute Gasteiger partial charge is 0.351 e. The predicted molar refractivity (Wildman–Crippen MR) is 72.0 cm³/mol. The lowest BCUT2D eigenvalue weighted by atomic mass is 9.92. The second-order valence-electron chi connectivity index (χ2n) is 4.87. The summed E-state index contributed by atoms with van der Waals surface area (Å²) in [5.41, 5.74) is 0. The zero-order valence-corrected chi connectivity index (χ0v) is 11.9. The van der Waals surface area contributed by atoms with Crippen LogP contribution in [0.4, 0.5) is 0 Å². The average molecular weight is 291 g/mol. The summed E-state index contributed by atoms with van der Waals surface area (Å²) in [6.45, 7) is 8.09. The summed E-state index contributed by atoms with van der Waals surface area (Å²) in [6.07, 6.45) is 1.37. The van der Waals surface area contributed by atoms with Gasteiger partial charge in [0, 0.05) is 23.7 Å². The molecule has 0 aromatic heterocycles. The highest BCUT2D eigenvalue weighted by molar-refractivity contribution is 9.09. The fourth-order valence-corrected chi connectivity index (χ4v) is 4.04. The Bertz CT molecular complexity index is 247. The number of thioether (sulfide) groups is 1. The normalized spacial score (nSPS) is 36.9. The van der Waals surface area contributed by atoms with Crippen LogP contribution in [0, 0.1) is 11.8 Å². The molecule has 0 saturated carbocycles. The van der Waals surface area contributed by atoms with Gasteiger partial charge in [-0.25, -0.2) is 0 Å². The maximum Gasteiger partial charge on any atom is 0.159 e. The fourth-order valence-electron chi connectivity index (χ4n) is 2.48. The van der Waals surface area contributed by atoms with Crippen LogP contribution in [0.2, 0.25) is 0 Å². The number of hydrogen-bond acceptors (Lipinski definition) is 3. The molecule has 0 N–H and O–H groups in total. The molecule has 2 heterocycles. The minimum absolute atomic E-state index is 0.660. The van der Waals surface area contributed by atoms with Gasteiger partial charge in [0.2, 0.25) is 0 Å². The third-order valence-electron chi connectivity index (χ3n) is 3.01. The highest BCUT2D eigenvalue weighted by Crippen LogP contribution is 2.29. The van der Waals surface area contributed by atoms with Crippen LogP contribution >= 0.6 is 27.7 Å². The number of piperidine rings is 1. The first-order valence-electron chi connectivity index (χ1n) is 5.71. The molecule has 15 heavy (non-hydrogen) atoms. The van der Waals surface area contributed by atoms with Crippen LogP contribution in [0.3, 0.4) is 0 Å². The van der Waals surface area contributed by atoms with Crippen LogP contribution in [0.5, 0.6) is 0 Å². The zero-order chi connectivity index (χ0) is 10.8. The van der Waals surface area contributed by atoms with E-state index >= 15 is 0 Å². The second kappa shape index (κ2) is 5.09. The van der Waals surface area contributed by atoms with E-state index in [4.69, 9.17) is 0 Å². The van der Waals surface area contributed by atoms with Gasteiger partial charge in [-0.3, -0.25) is 4.99 Å². The van der Waals surface area contributed by atoms with E-state index in [1.165, 1.54) is 24.7 Å². The molecular formula is C11H19BrN2S. The summed E-state index contributed by atoms with van der Waals surface area (Å²) in [5, 5.41) is 3.01. The molecule has 0 bridgehead atoms. The van der Waals surface area contributed by atoms with Gasteiger partial charge in [-0.1, -0.05) is 41.5 Å². The van der Waals surface area contributed by atoms with Crippen LogP contribution in [0.25, 0.3) is 0 Å². The summed E-state index contributed by atoms with van der Waals surface area (Å²) >= 11 is 5.49. The first-order chi connectivity index (χ1) is 7.19. The molecule has 0 aliphatic carbocycles. The van der Waals surface area contributed by atoms with Crippen molar-refractivity contribution in [2.75, 3.05) is 25.0 Å². The first kappa shape index (κ1) is 11.8. The molecule has 2 nitrogen and oxygen atoms in total. The van der Waals surface area contributed by atoms with Crippen molar-refractivity contribution in [3.05, 3.63) is 0 Å². The minimum atomic E-state index is 0.660. The highest BCUT2D eigenvalue weighted by Gasteiger charge is 2.28. The maximum atomic E-state index is 4.66. The van der Waals surface area contributed by atoms with Crippen molar-refractivity contribution in [3.8, 4) is 0 Å². The standard InChI is InChI=1S/C11H19BrN2S/c1-8-3-9(2)7-14(6-8)11-13-5-10(4-12)15-11/h8-10H,3-7H2,1-2H3. The number of hydrogen-bond donors (Lipinski definition) is 0. The Labute approximate surface area is 105 Å². The van der Waals surface area contributed by atoms with Gasteiger partial charge < -0.3 is 4.90 Å². The molecule has 4 heteroatoms. The van der Waals surface area contributed by atoms with E-state index in [-0.39, 0.29) is 0 Å². The second-order valence-corrected chi connectivity index (χ2v) is 6.78. The van der Waals surface area contributed by atoms with Crippen molar-refractivity contribution in [2.45, 2.75) is 25.5 Å². The quantitative estimate of drug-likeness (QED) is 0.690. The van der Waals surface area contributed by atoms with Gasteiger partial charge in [-0.2, -0.15) is 0 Å². The lowest BCUT2D eigenvalue weighted by Gasteiger charge is -2.36. The topological polar surface area (TPSA) is 15.6 Å². The molecule has 3 atom stereocenters. The molecule has 2 rings (SSSR count). The van der Waals surface area contributed by atoms with Crippen LogP contribution in [0.1, 0.15) is 20.3 Å². The molecule has 2 aliphatic rings. The molecule has 0 aromatic carbocycles. The molecule has 0 amide bonds. The Morgan fingerprint density at radius 2 is 2.07 bits per heavy atom. The van der Waals surface area contributed by atoms with Crippen molar-refractivity contribution in [3.63, 3.8) is 0 Å². The average Bonchev–Trinajstić information content (AvgIpc) is 2.64. The minimum Gasteiger partial charge on any atom is -0.351 e. The number of amidine groups is 1. The van der Waals surface area contributed by atoms with Crippen LogP contribution < -0.4 is 0 Å². The summed E-state index contributed by atoms with van der Waals surface area (Å²) in [5.74, 6) is 1.64. The summed E-state index contributed by atoms with van der Waals surface area (Å²) in [7, 11) is 0. The lowest BCUT2D eigenvalue weighted by Crippen LogP contribution is -2.41. The van der Waals surface area contributed by atoms with Crippen molar-refractivity contribution < 1.29 is 0 Å². The zero-order valence-electron chi connectivity index (χ0n) is 9.45. The van der Waals surface area contributed by atoms with Gasteiger partial charge in [-0.05, 0) is 18.3 Å². The van der Waals surface area contributed by atoms with Crippen molar-refractivity contribution >= 4 is 32.9 Å². The summed E-state index contributed by atoms with van der Waals surface area (Å²) in [6, 6.07) is 0. The number of halogens is 1. The van der Waals surface area contributed by atoms with E-state index in [0.717, 1.165) is 23.7 Å². The van der Waals surface area contributed by atoms with E-state index in [2.05, 4.69) is 39.7 Å². The van der Waals surface area contributed by atoms with Crippen molar-refractivity contribution in [1.82, 2.24) is 4.90 Å². The molecule has 2 aliphatic heterocycles. The smallest absolute Gasteiger partial charge is 0.159 e. The van der Waals surface area contributed by atoms with Crippen molar-refractivity contribution in [1.29, 1.82) is 0 Å². The van der Waals surface area contributed by atoms with E-state index in [9.17, 15) is 0 Å². The number of aliphatic imine (C=N–C) groups is 1. The van der Waals surface area contributed by atoms with Gasteiger partial charge in [0.15, 0.2) is 5.17 Å². The van der Waals surface area contributed by atoms with Gasteiger partial charge in [0.05, 0.1) is 6.54 Å². The van der Waals surface area contributed by atoms with E-state index in [1.807, 2.05) is 11.8 Å².